The minimum absolute atomic E-state index is 0.233. The quantitative estimate of drug-likeness (QED) is 0.848. The van der Waals surface area contributed by atoms with E-state index in [-0.39, 0.29) is 5.91 Å². The molecule has 0 aromatic carbocycles. The lowest BCUT2D eigenvalue weighted by Gasteiger charge is -2.13. The molecule has 0 saturated heterocycles. The van der Waals surface area contributed by atoms with Gasteiger partial charge in [-0.25, -0.2) is 4.98 Å². The highest BCUT2D eigenvalue weighted by atomic mass is 35.5. The van der Waals surface area contributed by atoms with Crippen LogP contribution in [-0.4, -0.2) is 16.9 Å². The number of hydrogen-bond acceptors (Lipinski definition) is 3. The number of anilines is 1. The van der Waals surface area contributed by atoms with Gasteiger partial charge in [0.2, 0.25) is 5.91 Å². The molecule has 0 saturated carbocycles. The number of nitrogens with zero attached hydrogens (tertiary/aromatic N) is 1. The fourth-order valence-electron chi connectivity index (χ4n) is 1.31. The van der Waals surface area contributed by atoms with E-state index in [0.29, 0.717) is 23.2 Å². The van der Waals surface area contributed by atoms with Crippen molar-refractivity contribution in [1.82, 2.24) is 4.98 Å². The van der Waals surface area contributed by atoms with Gasteiger partial charge >= 0.3 is 0 Å². The van der Waals surface area contributed by atoms with Gasteiger partial charge in [-0.1, -0.05) is 25.4 Å². The first-order valence-electron chi connectivity index (χ1n) is 5.17. The van der Waals surface area contributed by atoms with Crippen molar-refractivity contribution in [3.8, 4) is 0 Å². The van der Waals surface area contributed by atoms with E-state index in [0.717, 1.165) is 0 Å². The summed E-state index contributed by atoms with van der Waals surface area (Å²) >= 11 is 5.77. The van der Waals surface area contributed by atoms with Crippen LogP contribution >= 0.6 is 11.6 Å². The molecule has 16 heavy (non-hydrogen) atoms. The third-order valence-corrected chi connectivity index (χ3v) is 2.27. The summed E-state index contributed by atoms with van der Waals surface area (Å²) in [5.41, 5.74) is 5.73. The molecule has 4 nitrogen and oxygen atoms in total. The largest absolute Gasteiger partial charge is 0.320 e. The molecule has 0 aliphatic carbocycles. The van der Waals surface area contributed by atoms with Crippen LogP contribution < -0.4 is 11.1 Å². The monoisotopic (exact) mass is 241 g/mol. The van der Waals surface area contributed by atoms with E-state index in [1.807, 2.05) is 13.8 Å². The first kappa shape index (κ1) is 12.9. The molecule has 5 heteroatoms. The van der Waals surface area contributed by atoms with E-state index in [4.69, 9.17) is 17.3 Å². The molecular weight excluding hydrogens is 226 g/mol. The highest BCUT2D eigenvalue weighted by molar-refractivity contribution is 6.30. The highest BCUT2D eigenvalue weighted by Gasteiger charge is 2.15. The number of hydrogen-bond donors (Lipinski definition) is 2. The van der Waals surface area contributed by atoms with E-state index in [2.05, 4.69) is 10.3 Å². The normalized spacial score (nSPS) is 12.6. The Morgan fingerprint density at radius 3 is 2.88 bits per heavy atom. The molecule has 0 spiro atoms. The van der Waals surface area contributed by atoms with E-state index in [9.17, 15) is 4.79 Å². The lowest BCUT2D eigenvalue weighted by molar-refractivity contribution is -0.117. The molecule has 1 heterocycles. The second-order valence-corrected chi connectivity index (χ2v) is 4.52. The Labute approximate surface area is 100 Å². The van der Waals surface area contributed by atoms with Crippen LogP contribution in [0, 0.1) is 5.92 Å². The fraction of sp³-hybridized carbons (Fsp3) is 0.455. The second kappa shape index (κ2) is 5.82. The van der Waals surface area contributed by atoms with E-state index in [1.54, 1.807) is 12.1 Å². The van der Waals surface area contributed by atoms with E-state index >= 15 is 0 Å². The van der Waals surface area contributed by atoms with Crippen molar-refractivity contribution in [2.24, 2.45) is 11.7 Å². The minimum Gasteiger partial charge on any atom is -0.320 e. The number of carbonyl (C=O) groups excluding carboxylic acids is 1. The third-order valence-electron chi connectivity index (χ3n) is 2.04. The third kappa shape index (κ3) is 4.16. The highest BCUT2D eigenvalue weighted by Crippen LogP contribution is 2.12. The maximum absolute atomic E-state index is 11.6. The summed E-state index contributed by atoms with van der Waals surface area (Å²) in [6.45, 7) is 4.04. The van der Waals surface area contributed by atoms with Gasteiger partial charge in [-0.3, -0.25) is 4.79 Å². The number of halogens is 1. The summed E-state index contributed by atoms with van der Waals surface area (Å²) < 4.78 is 0. The molecular formula is C11H16ClN3O. The van der Waals surface area contributed by atoms with Crippen LogP contribution in [0.2, 0.25) is 5.02 Å². The molecule has 0 bridgehead atoms. The Morgan fingerprint density at radius 2 is 2.31 bits per heavy atom. The van der Waals surface area contributed by atoms with Gasteiger partial charge < -0.3 is 11.1 Å². The van der Waals surface area contributed by atoms with Crippen molar-refractivity contribution in [1.29, 1.82) is 0 Å². The van der Waals surface area contributed by atoms with Crippen molar-refractivity contribution in [2.45, 2.75) is 26.3 Å². The first-order valence-corrected chi connectivity index (χ1v) is 5.55. The average Bonchev–Trinajstić information content (AvgIpc) is 2.16. The van der Waals surface area contributed by atoms with Gasteiger partial charge in [0.1, 0.15) is 5.82 Å². The van der Waals surface area contributed by atoms with Crippen LogP contribution in [0.5, 0.6) is 0 Å². The Kier molecular flexibility index (Phi) is 4.71. The zero-order chi connectivity index (χ0) is 12.1. The van der Waals surface area contributed by atoms with Crippen LogP contribution in [0.25, 0.3) is 0 Å². The number of nitrogens with one attached hydrogen (secondary N) is 1. The fourth-order valence-corrected chi connectivity index (χ4v) is 1.47. The van der Waals surface area contributed by atoms with Crippen molar-refractivity contribution < 1.29 is 4.79 Å². The molecule has 88 valence electrons. The first-order chi connectivity index (χ1) is 7.49. The Bertz CT molecular complexity index is 368. The van der Waals surface area contributed by atoms with Crippen LogP contribution in [0.3, 0.4) is 0 Å². The molecule has 1 unspecified atom stereocenters. The lowest BCUT2D eigenvalue weighted by atomic mass is 10.0. The Morgan fingerprint density at radius 1 is 1.62 bits per heavy atom. The van der Waals surface area contributed by atoms with Crippen LogP contribution in [0.4, 0.5) is 5.82 Å². The number of aromatic nitrogens is 1. The van der Waals surface area contributed by atoms with Crippen molar-refractivity contribution in [3.05, 3.63) is 23.4 Å². The number of rotatable bonds is 4. The summed E-state index contributed by atoms with van der Waals surface area (Å²) in [6.07, 6.45) is 2.18. The van der Waals surface area contributed by atoms with Gasteiger partial charge in [-0.05, 0) is 24.5 Å². The zero-order valence-electron chi connectivity index (χ0n) is 9.40. The van der Waals surface area contributed by atoms with Crippen LogP contribution in [-0.2, 0) is 4.79 Å². The molecule has 0 aliphatic rings. The number of carbonyl (C=O) groups is 1. The molecule has 1 aromatic heterocycles. The Balaban J connectivity index is 2.57. The van der Waals surface area contributed by atoms with Crippen molar-refractivity contribution in [3.63, 3.8) is 0 Å². The summed E-state index contributed by atoms with van der Waals surface area (Å²) in [6, 6.07) is 2.72. The van der Waals surface area contributed by atoms with Gasteiger partial charge in [-0.2, -0.15) is 0 Å². The minimum atomic E-state index is -0.513. The molecule has 1 atom stereocenters. The van der Waals surface area contributed by atoms with E-state index in [1.165, 1.54) is 6.20 Å². The lowest BCUT2D eigenvalue weighted by Crippen LogP contribution is -2.36. The molecule has 1 rings (SSSR count). The molecule has 0 fully saturated rings. The second-order valence-electron chi connectivity index (χ2n) is 4.08. The summed E-state index contributed by atoms with van der Waals surface area (Å²) in [5.74, 6) is 0.577. The standard InChI is InChI=1S/C11H16ClN3O/c1-7(2)5-9(13)11(16)15-10-6-8(12)3-4-14-10/h3-4,6-7,9H,5,13H2,1-2H3,(H,14,15,16). The van der Waals surface area contributed by atoms with Gasteiger partial charge in [0.15, 0.2) is 0 Å². The number of amides is 1. The number of pyridine rings is 1. The maximum Gasteiger partial charge on any atom is 0.242 e. The Hall–Kier alpha value is -1.13. The topological polar surface area (TPSA) is 68.0 Å². The van der Waals surface area contributed by atoms with Crippen LogP contribution in [0.1, 0.15) is 20.3 Å². The van der Waals surface area contributed by atoms with E-state index < -0.39 is 6.04 Å². The average molecular weight is 242 g/mol. The number of nitrogens with two attached hydrogens (primary N) is 1. The summed E-state index contributed by atoms with van der Waals surface area (Å²) in [5, 5.41) is 3.16. The zero-order valence-corrected chi connectivity index (χ0v) is 10.2. The van der Waals surface area contributed by atoms with Crippen molar-refractivity contribution in [2.75, 3.05) is 5.32 Å². The smallest absolute Gasteiger partial charge is 0.242 e. The van der Waals surface area contributed by atoms with Gasteiger partial charge in [0, 0.05) is 11.2 Å². The molecule has 1 amide bonds. The molecule has 3 N–H and O–H groups in total. The molecule has 1 aromatic rings. The summed E-state index contributed by atoms with van der Waals surface area (Å²) in [4.78, 5) is 15.6. The molecule has 0 aliphatic heterocycles. The maximum atomic E-state index is 11.6. The SMILES string of the molecule is CC(C)CC(N)C(=O)Nc1cc(Cl)ccn1. The van der Waals surface area contributed by atoms with Gasteiger partial charge in [0.25, 0.3) is 0 Å². The summed E-state index contributed by atoms with van der Waals surface area (Å²) in [7, 11) is 0. The van der Waals surface area contributed by atoms with Crippen LogP contribution in [0.15, 0.2) is 18.3 Å². The predicted molar refractivity (Wildman–Crippen MR) is 65.3 cm³/mol. The van der Waals surface area contributed by atoms with Gasteiger partial charge in [-0.15, -0.1) is 0 Å². The molecule has 0 radical (unpaired) electrons. The predicted octanol–water partition coefficient (Wildman–Crippen LogP) is 2.05. The van der Waals surface area contributed by atoms with Crippen molar-refractivity contribution >= 4 is 23.3 Å². The van der Waals surface area contributed by atoms with Gasteiger partial charge in [0.05, 0.1) is 6.04 Å².